The Morgan fingerprint density at radius 2 is 2.00 bits per heavy atom. The minimum Gasteiger partial charge on any atom is -0.308 e. The molecule has 3 nitrogen and oxygen atoms in total. The highest BCUT2D eigenvalue weighted by Gasteiger charge is 2.19. The van der Waals surface area contributed by atoms with Crippen LogP contribution in [-0.2, 0) is 19.4 Å². The summed E-state index contributed by atoms with van der Waals surface area (Å²) in [5.41, 5.74) is 5.57. The molecule has 0 bridgehead atoms. The second kappa shape index (κ2) is 8.90. The average Bonchev–Trinajstić information content (AvgIpc) is 2.63. The van der Waals surface area contributed by atoms with Crippen LogP contribution in [0.1, 0.15) is 43.5 Å². The summed E-state index contributed by atoms with van der Waals surface area (Å²) in [6, 6.07) is 9.11. The van der Waals surface area contributed by atoms with Crippen LogP contribution < -0.4 is 5.56 Å². The number of halogens is 2. The van der Waals surface area contributed by atoms with E-state index in [0.29, 0.717) is 18.1 Å². The Bertz CT molecular complexity index is 953. The fourth-order valence-electron chi connectivity index (χ4n) is 3.39. The largest absolute Gasteiger partial charge is 0.308 e. The lowest BCUT2D eigenvalue weighted by molar-refractivity contribution is 0.673. The first-order valence-corrected chi connectivity index (χ1v) is 10.0. The molecular weight excluding hydrogens is 379 g/mol. The van der Waals surface area contributed by atoms with E-state index in [-0.39, 0.29) is 5.56 Å². The first-order valence-electron chi connectivity index (χ1n) is 9.29. The predicted molar refractivity (Wildman–Crippen MR) is 115 cm³/mol. The summed E-state index contributed by atoms with van der Waals surface area (Å²) in [6.45, 7) is 5.38. The van der Waals surface area contributed by atoms with Crippen LogP contribution in [0.5, 0.6) is 0 Å². The van der Waals surface area contributed by atoms with Gasteiger partial charge in [0.1, 0.15) is 0 Å². The number of allylic oxidation sites excluding steroid dienone is 2. The quantitative estimate of drug-likeness (QED) is 0.608. The highest BCUT2D eigenvalue weighted by Crippen LogP contribution is 2.23. The minimum atomic E-state index is 0.0539. The Morgan fingerprint density at radius 3 is 2.78 bits per heavy atom. The first kappa shape index (κ1) is 19.9. The van der Waals surface area contributed by atoms with Gasteiger partial charge in [0.05, 0.1) is 0 Å². The topological polar surface area (TPSA) is 34.4 Å². The molecule has 3 rings (SSSR count). The normalized spacial score (nSPS) is 14.9. The molecule has 0 fully saturated rings. The van der Waals surface area contributed by atoms with Gasteiger partial charge in [-0.25, -0.2) is 0 Å². The average molecular weight is 403 g/mol. The second-order valence-electron chi connectivity index (χ2n) is 7.09. The smallest absolute Gasteiger partial charge is 0.251 e. The van der Waals surface area contributed by atoms with Gasteiger partial charge in [-0.3, -0.25) is 9.79 Å². The first-order chi connectivity index (χ1) is 13.0. The zero-order valence-electron chi connectivity index (χ0n) is 15.8. The van der Waals surface area contributed by atoms with Crippen molar-refractivity contribution in [2.24, 2.45) is 4.99 Å². The Labute approximate surface area is 170 Å². The number of benzene rings is 1. The molecule has 5 heteroatoms. The number of hydrogen-bond donors (Lipinski definition) is 0. The molecule has 0 aliphatic heterocycles. The summed E-state index contributed by atoms with van der Waals surface area (Å²) >= 11 is 12.3. The van der Waals surface area contributed by atoms with Gasteiger partial charge in [-0.1, -0.05) is 34.9 Å². The Hall–Kier alpha value is -1.84. The lowest BCUT2D eigenvalue weighted by Crippen LogP contribution is -2.28. The molecular formula is C22H24Cl2N2O. The van der Waals surface area contributed by atoms with E-state index in [4.69, 9.17) is 28.2 Å². The van der Waals surface area contributed by atoms with E-state index < -0.39 is 0 Å². The van der Waals surface area contributed by atoms with E-state index in [1.54, 1.807) is 12.1 Å². The Morgan fingerprint density at radius 1 is 1.19 bits per heavy atom. The van der Waals surface area contributed by atoms with Crippen molar-refractivity contribution in [2.75, 3.05) is 6.54 Å². The third-order valence-electron chi connectivity index (χ3n) is 4.81. The van der Waals surface area contributed by atoms with Crippen molar-refractivity contribution in [3.05, 3.63) is 79.2 Å². The zero-order valence-corrected chi connectivity index (χ0v) is 17.3. The van der Waals surface area contributed by atoms with Crippen molar-refractivity contribution in [2.45, 2.75) is 46.1 Å². The van der Waals surface area contributed by atoms with Gasteiger partial charge in [0.25, 0.3) is 5.56 Å². The van der Waals surface area contributed by atoms with Gasteiger partial charge in [-0.2, -0.15) is 0 Å². The molecule has 1 aliphatic rings. The van der Waals surface area contributed by atoms with Crippen molar-refractivity contribution < 1.29 is 0 Å². The predicted octanol–water partition coefficient (Wildman–Crippen LogP) is 5.49. The Balaban J connectivity index is 1.84. The van der Waals surface area contributed by atoms with E-state index in [1.165, 1.54) is 5.57 Å². The minimum absolute atomic E-state index is 0.0539. The van der Waals surface area contributed by atoms with Crippen LogP contribution >= 0.6 is 23.2 Å². The molecule has 0 N–H and O–H groups in total. The number of aromatic nitrogens is 1. The Kier molecular flexibility index (Phi) is 6.56. The van der Waals surface area contributed by atoms with Crippen LogP contribution in [0.4, 0.5) is 0 Å². The fourth-order valence-corrected chi connectivity index (χ4v) is 3.80. The summed E-state index contributed by atoms with van der Waals surface area (Å²) in [5.74, 6) is 0. The molecule has 142 valence electrons. The number of pyridine rings is 1. The molecule has 27 heavy (non-hydrogen) atoms. The highest BCUT2D eigenvalue weighted by molar-refractivity contribution is 6.33. The lowest BCUT2D eigenvalue weighted by atomic mass is 9.93. The summed E-state index contributed by atoms with van der Waals surface area (Å²) < 4.78 is 1.88. The molecule has 0 saturated heterocycles. The molecule has 0 atom stereocenters. The van der Waals surface area contributed by atoms with Crippen LogP contribution in [0.15, 0.2) is 51.8 Å². The van der Waals surface area contributed by atoms with Crippen molar-refractivity contribution in [3.63, 3.8) is 0 Å². The second-order valence-corrected chi connectivity index (χ2v) is 7.94. The summed E-state index contributed by atoms with van der Waals surface area (Å²) in [5, 5.41) is 1.41. The maximum Gasteiger partial charge on any atom is 0.251 e. The van der Waals surface area contributed by atoms with Crippen molar-refractivity contribution in [1.82, 2.24) is 4.57 Å². The number of hydrogen-bond acceptors (Lipinski definition) is 2. The third kappa shape index (κ3) is 4.91. The zero-order chi connectivity index (χ0) is 19.4. The van der Waals surface area contributed by atoms with E-state index in [1.807, 2.05) is 36.6 Å². The molecule has 0 saturated carbocycles. The third-order valence-corrected chi connectivity index (χ3v) is 5.41. The molecule has 0 unspecified atom stereocenters. The van der Waals surface area contributed by atoms with Crippen molar-refractivity contribution in [1.29, 1.82) is 0 Å². The SMILES string of the molecule is CC(C)=CCn1c2c(ccc1=O)C(=NCCc1cc(Cl)ccc1Cl)CCC2. The van der Waals surface area contributed by atoms with Crippen molar-refractivity contribution in [3.8, 4) is 0 Å². The van der Waals surface area contributed by atoms with Crippen LogP contribution in [0.2, 0.25) is 10.0 Å². The molecule has 2 aromatic rings. The molecule has 1 aliphatic carbocycles. The van der Waals surface area contributed by atoms with Gasteiger partial charge < -0.3 is 4.57 Å². The van der Waals surface area contributed by atoms with Gasteiger partial charge in [-0.05, 0) is 69.4 Å². The maximum atomic E-state index is 12.3. The van der Waals surface area contributed by atoms with Crippen molar-refractivity contribution >= 4 is 28.9 Å². The number of nitrogens with zero attached hydrogens (tertiary/aromatic N) is 2. The van der Waals surface area contributed by atoms with Crippen LogP contribution in [-0.4, -0.2) is 16.8 Å². The molecule has 0 amide bonds. The van der Waals surface area contributed by atoms with E-state index in [2.05, 4.69) is 6.08 Å². The summed E-state index contributed by atoms with van der Waals surface area (Å²) in [6.07, 6.45) is 5.71. The molecule has 1 aromatic heterocycles. The molecule has 1 aromatic carbocycles. The number of rotatable bonds is 5. The van der Waals surface area contributed by atoms with Crippen LogP contribution in [0.3, 0.4) is 0 Å². The van der Waals surface area contributed by atoms with Crippen LogP contribution in [0, 0.1) is 0 Å². The number of aliphatic imine (C=N–C) groups is 1. The number of fused-ring (bicyclic) bond motifs is 1. The lowest BCUT2D eigenvalue weighted by Gasteiger charge is -2.22. The molecule has 0 spiro atoms. The highest BCUT2D eigenvalue weighted by atomic mass is 35.5. The summed E-state index contributed by atoms with van der Waals surface area (Å²) in [7, 11) is 0. The van der Waals surface area contributed by atoms with Gasteiger partial charge in [-0.15, -0.1) is 0 Å². The van der Waals surface area contributed by atoms with Gasteiger partial charge >= 0.3 is 0 Å². The van der Waals surface area contributed by atoms with E-state index in [0.717, 1.165) is 53.2 Å². The maximum absolute atomic E-state index is 12.3. The van der Waals surface area contributed by atoms with Gasteiger partial charge in [0, 0.05) is 46.2 Å². The van der Waals surface area contributed by atoms with Crippen LogP contribution in [0.25, 0.3) is 0 Å². The fraction of sp³-hybridized carbons (Fsp3) is 0.364. The van der Waals surface area contributed by atoms with E-state index in [9.17, 15) is 4.79 Å². The summed E-state index contributed by atoms with van der Waals surface area (Å²) in [4.78, 5) is 17.2. The van der Waals surface area contributed by atoms with E-state index >= 15 is 0 Å². The molecule has 0 radical (unpaired) electrons. The monoisotopic (exact) mass is 402 g/mol. The van der Waals surface area contributed by atoms with Gasteiger partial charge in [0.2, 0.25) is 0 Å². The molecule has 1 heterocycles. The standard InChI is InChI=1S/C22H24Cl2N2O/c1-15(2)11-13-26-21-5-3-4-20(18(21)7-9-22(26)27)25-12-10-16-14-17(23)6-8-19(16)24/h6-9,11,14H,3-5,10,12-13H2,1-2H3. The van der Waals surface area contributed by atoms with Gasteiger partial charge in [0.15, 0.2) is 0 Å².